The molecule has 88 valence electrons. The largest absolute Gasteiger partial charge is 0.314 e. The van der Waals surface area contributed by atoms with Gasteiger partial charge in [-0.3, -0.25) is 4.90 Å². The summed E-state index contributed by atoms with van der Waals surface area (Å²) in [7, 11) is 0. The molecule has 4 heteroatoms. The molecule has 0 amide bonds. The molecule has 0 aromatic heterocycles. The Morgan fingerprint density at radius 3 is 2.31 bits per heavy atom. The van der Waals surface area contributed by atoms with E-state index in [0.717, 1.165) is 26.2 Å². The third-order valence-corrected chi connectivity index (χ3v) is 2.96. The van der Waals surface area contributed by atoms with Crippen molar-refractivity contribution in [3.63, 3.8) is 0 Å². The predicted octanol–water partition coefficient (Wildman–Crippen LogP) is 1.68. The van der Waals surface area contributed by atoms with E-state index >= 15 is 0 Å². The first-order valence-electron chi connectivity index (χ1n) is 5.54. The topological polar surface area (TPSA) is 15.3 Å². The van der Waals surface area contributed by atoms with Crippen LogP contribution in [0.5, 0.6) is 0 Å². The van der Waals surface area contributed by atoms with Gasteiger partial charge in [0.15, 0.2) is 0 Å². The first-order chi connectivity index (χ1) is 7.66. The van der Waals surface area contributed by atoms with Crippen molar-refractivity contribution < 1.29 is 8.78 Å². The molecule has 1 fully saturated rings. The summed E-state index contributed by atoms with van der Waals surface area (Å²) in [6.07, 6.45) is 0. The molecule has 2 nitrogen and oxygen atoms in total. The molecule has 0 spiro atoms. The third kappa shape index (κ3) is 2.57. The van der Waals surface area contributed by atoms with Gasteiger partial charge in [-0.1, -0.05) is 0 Å². The van der Waals surface area contributed by atoms with Gasteiger partial charge in [0.2, 0.25) is 0 Å². The highest BCUT2D eigenvalue weighted by Crippen LogP contribution is 2.15. The molecule has 0 atom stereocenters. The fourth-order valence-electron chi connectivity index (χ4n) is 1.92. The number of nitrogens with zero attached hydrogens (tertiary/aromatic N) is 1. The summed E-state index contributed by atoms with van der Waals surface area (Å²) < 4.78 is 26.6. The van der Waals surface area contributed by atoms with Gasteiger partial charge in [-0.25, -0.2) is 8.78 Å². The third-order valence-electron chi connectivity index (χ3n) is 2.96. The lowest BCUT2D eigenvalue weighted by molar-refractivity contribution is 0.232. The van der Waals surface area contributed by atoms with Crippen molar-refractivity contribution in [2.24, 2.45) is 0 Å². The Hall–Kier alpha value is -1.00. The zero-order valence-electron chi connectivity index (χ0n) is 9.39. The normalized spacial score (nSPS) is 17.7. The predicted molar refractivity (Wildman–Crippen MR) is 59.2 cm³/mol. The van der Waals surface area contributed by atoms with Gasteiger partial charge in [-0.15, -0.1) is 0 Å². The SMILES string of the molecule is Cc1c(F)cc(CN2CCNCC2)cc1F. The Morgan fingerprint density at radius 2 is 1.75 bits per heavy atom. The van der Waals surface area contributed by atoms with E-state index < -0.39 is 11.6 Å². The summed E-state index contributed by atoms with van der Waals surface area (Å²) in [5.74, 6) is -0.907. The Kier molecular flexibility index (Phi) is 3.51. The van der Waals surface area contributed by atoms with Gasteiger partial charge in [0.1, 0.15) is 11.6 Å². The minimum Gasteiger partial charge on any atom is -0.314 e. The Morgan fingerprint density at radius 1 is 1.19 bits per heavy atom. The highest BCUT2D eigenvalue weighted by Gasteiger charge is 2.12. The van der Waals surface area contributed by atoms with Gasteiger partial charge >= 0.3 is 0 Å². The molecule has 1 N–H and O–H groups in total. The highest BCUT2D eigenvalue weighted by atomic mass is 19.1. The summed E-state index contributed by atoms with van der Waals surface area (Å²) in [5.41, 5.74) is 0.812. The number of benzene rings is 1. The zero-order valence-corrected chi connectivity index (χ0v) is 9.39. The van der Waals surface area contributed by atoms with Gasteiger partial charge in [-0.05, 0) is 24.6 Å². The van der Waals surface area contributed by atoms with Crippen molar-refractivity contribution in [2.75, 3.05) is 26.2 Å². The fourth-order valence-corrected chi connectivity index (χ4v) is 1.92. The van der Waals surface area contributed by atoms with Crippen LogP contribution in [0.1, 0.15) is 11.1 Å². The van der Waals surface area contributed by atoms with Gasteiger partial charge in [-0.2, -0.15) is 0 Å². The molecular weight excluding hydrogens is 210 g/mol. The molecule has 0 unspecified atom stereocenters. The van der Waals surface area contributed by atoms with Gasteiger partial charge in [0.25, 0.3) is 0 Å². The van der Waals surface area contributed by atoms with E-state index in [4.69, 9.17) is 0 Å². The van der Waals surface area contributed by atoms with E-state index in [1.165, 1.54) is 19.1 Å². The van der Waals surface area contributed by atoms with Crippen LogP contribution in [0, 0.1) is 18.6 Å². The number of hydrogen-bond acceptors (Lipinski definition) is 2. The molecule has 1 saturated heterocycles. The van der Waals surface area contributed by atoms with E-state index in [2.05, 4.69) is 10.2 Å². The van der Waals surface area contributed by atoms with E-state index in [1.807, 2.05) is 0 Å². The molecule has 1 aliphatic heterocycles. The first-order valence-corrected chi connectivity index (χ1v) is 5.54. The minimum absolute atomic E-state index is 0.101. The molecule has 0 saturated carbocycles. The Bertz CT molecular complexity index is 350. The van der Waals surface area contributed by atoms with Crippen molar-refractivity contribution in [1.82, 2.24) is 10.2 Å². The summed E-state index contributed by atoms with van der Waals surface area (Å²) in [6.45, 7) is 5.82. The lowest BCUT2D eigenvalue weighted by Gasteiger charge is -2.27. The van der Waals surface area contributed by atoms with Crippen molar-refractivity contribution in [1.29, 1.82) is 0 Å². The minimum atomic E-state index is -0.454. The highest BCUT2D eigenvalue weighted by molar-refractivity contribution is 5.25. The number of halogens is 2. The molecule has 1 aromatic rings. The molecule has 1 heterocycles. The average molecular weight is 226 g/mol. The summed E-state index contributed by atoms with van der Waals surface area (Å²) in [4.78, 5) is 2.19. The molecule has 0 aliphatic carbocycles. The lowest BCUT2D eigenvalue weighted by Crippen LogP contribution is -2.42. The Labute approximate surface area is 94.3 Å². The van der Waals surface area contributed by atoms with Crippen molar-refractivity contribution in [3.8, 4) is 0 Å². The van der Waals surface area contributed by atoms with Crippen LogP contribution in [0.4, 0.5) is 8.78 Å². The number of rotatable bonds is 2. The van der Waals surface area contributed by atoms with Gasteiger partial charge in [0.05, 0.1) is 0 Å². The van der Waals surface area contributed by atoms with E-state index in [0.29, 0.717) is 12.1 Å². The maximum Gasteiger partial charge on any atom is 0.129 e. The van der Waals surface area contributed by atoms with Crippen LogP contribution in [-0.4, -0.2) is 31.1 Å². The number of piperazine rings is 1. The molecule has 16 heavy (non-hydrogen) atoms. The molecule has 0 bridgehead atoms. The van der Waals surface area contributed by atoms with Crippen molar-refractivity contribution in [2.45, 2.75) is 13.5 Å². The van der Waals surface area contributed by atoms with Crippen LogP contribution in [0.15, 0.2) is 12.1 Å². The summed E-state index contributed by atoms with van der Waals surface area (Å²) >= 11 is 0. The fraction of sp³-hybridized carbons (Fsp3) is 0.500. The second-order valence-corrected chi connectivity index (χ2v) is 4.21. The van der Waals surface area contributed by atoms with E-state index in [-0.39, 0.29) is 5.56 Å². The molecule has 1 aliphatic rings. The van der Waals surface area contributed by atoms with Gasteiger partial charge < -0.3 is 5.32 Å². The van der Waals surface area contributed by atoms with Crippen molar-refractivity contribution in [3.05, 3.63) is 34.9 Å². The van der Waals surface area contributed by atoms with Gasteiger partial charge in [0, 0.05) is 38.3 Å². The second-order valence-electron chi connectivity index (χ2n) is 4.21. The monoisotopic (exact) mass is 226 g/mol. The van der Waals surface area contributed by atoms with Crippen LogP contribution in [0.3, 0.4) is 0 Å². The maximum atomic E-state index is 13.3. The first kappa shape index (κ1) is 11.5. The van der Waals surface area contributed by atoms with Crippen LogP contribution in [0.2, 0.25) is 0 Å². The molecule has 1 aromatic carbocycles. The van der Waals surface area contributed by atoms with Crippen LogP contribution < -0.4 is 5.32 Å². The Balaban J connectivity index is 2.09. The van der Waals surface area contributed by atoms with Crippen LogP contribution in [0.25, 0.3) is 0 Å². The van der Waals surface area contributed by atoms with Crippen molar-refractivity contribution >= 4 is 0 Å². The summed E-state index contributed by atoms with van der Waals surface area (Å²) in [5, 5.41) is 3.24. The molecule has 2 rings (SSSR count). The molecule has 0 radical (unpaired) electrons. The number of nitrogens with one attached hydrogen (secondary N) is 1. The maximum absolute atomic E-state index is 13.3. The zero-order chi connectivity index (χ0) is 11.5. The lowest BCUT2D eigenvalue weighted by atomic mass is 10.1. The van der Waals surface area contributed by atoms with Crippen LogP contribution >= 0.6 is 0 Å². The van der Waals surface area contributed by atoms with Crippen LogP contribution in [-0.2, 0) is 6.54 Å². The average Bonchev–Trinajstić information content (AvgIpc) is 2.27. The second kappa shape index (κ2) is 4.89. The summed E-state index contributed by atoms with van der Waals surface area (Å²) in [6, 6.07) is 2.86. The number of hydrogen-bond donors (Lipinski definition) is 1. The standard InChI is InChI=1S/C12H16F2N2/c1-9-11(13)6-10(7-12(9)14)8-16-4-2-15-3-5-16/h6-7,15H,2-5,8H2,1H3. The quantitative estimate of drug-likeness (QED) is 0.825. The van der Waals surface area contributed by atoms with E-state index in [9.17, 15) is 8.78 Å². The smallest absolute Gasteiger partial charge is 0.129 e. The van der Waals surface area contributed by atoms with E-state index in [1.54, 1.807) is 0 Å². The molecular formula is C12H16F2N2.